The minimum Gasteiger partial charge on any atom is -0.493 e. The largest absolute Gasteiger partial charge is 0.493 e. The van der Waals surface area contributed by atoms with E-state index in [9.17, 15) is 0 Å². The highest BCUT2D eigenvalue weighted by molar-refractivity contribution is 5.44. The van der Waals surface area contributed by atoms with Crippen molar-refractivity contribution in [3.05, 3.63) is 36.2 Å². The summed E-state index contributed by atoms with van der Waals surface area (Å²) >= 11 is 0. The molecular formula is C15H19N3O2. The lowest BCUT2D eigenvalue weighted by atomic mass is 10.2. The molecule has 0 aliphatic rings. The Balaban J connectivity index is 2.17. The van der Waals surface area contributed by atoms with Crippen molar-refractivity contribution >= 4 is 5.82 Å². The van der Waals surface area contributed by atoms with Crippen molar-refractivity contribution in [3.63, 3.8) is 0 Å². The predicted molar refractivity (Wildman–Crippen MR) is 78.6 cm³/mol. The highest BCUT2D eigenvalue weighted by Gasteiger charge is 2.07. The number of rotatable bonds is 6. The molecule has 0 atom stereocenters. The minimum absolute atomic E-state index is 0.438. The molecule has 0 bridgehead atoms. The van der Waals surface area contributed by atoms with Crippen molar-refractivity contribution in [1.29, 1.82) is 0 Å². The SMILES string of the molecule is CCCNc1cncc(Oc2ccc(C)cc2OC)n1. The molecule has 1 N–H and O–H groups in total. The van der Waals surface area contributed by atoms with Crippen molar-refractivity contribution in [2.24, 2.45) is 0 Å². The van der Waals surface area contributed by atoms with Crippen LogP contribution in [-0.2, 0) is 0 Å². The third-order valence-corrected chi connectivity index (χ3v) is 2.70. The molecule has 1 heterocycles. The molecule has 0 unspecified atom stereocenters. The quantitative estimate of drug-likeness (QED) is 0.874. The number of nitrogens with zero attached hydrogens (tertiary/aromatic N) is 2. The van der Waals surface area contributed by atoms with Crippen LogP contribution in [-0.4, -0.2) is 23.6 Å². The van der Waals surface area contributed by atoms with Crippen LogP contribution < -0.4 is 14.8 Å². The molecule has 0 fully saturated rings. The Bertz CT molecular complexity index is 573. The zero-order valence-electron chi connectivity index (χ0n) is 12.0. The number of hydrogen-bond acceptors (Lipinski definition) is 5. The van der Waals surface area contributed by atoms with Crippen LogP contribution in [0.15, 0.2) is 30.6 Å². The van der Waals surface area contributed by atoms with Gasteiger partial charge >= 0.3 is 0 Å². The summed E-state index contributed by atoms with van der Waals surface area (Å²) in [7, 11) is 1.62. The van der Waals surface area contributed by atoms with Crippen LogP contribution >= 0.6 is 0 Å². The van der Waals surface area contributed by atoms with E-state index >= 15 is 0 Å². The molecule has 0 spiro atoms. The molecule has 2 rings (SSSR count). The Morgan fingerprint density at radius 1 is 1.20 bits per heavy atom. The first kappa shape index (κ1) is 14.1. The number of hydrogen-bond donors (Lipinski definition) is 1. The first-order valence-electron chi connectivity index (χ1n) is 6.61. The van der Waals surface area contributed by atoms with Crippen LogP contribution in [0.1, 0.15) is 18.9 Å². The molecule has 0 saturated carbocycles. The van der Waals surface area contributed by atoms with Gasteiger partial charge in [0, 0.05) is 6.54 Å². The smallest absolute Gasteiger partial charge is 0.240 e. The fourth-order valence-electron chi connectivity index (χ4n) is 1.71. The topological polar surface area (TPSA) is 56.3 Å². The van der Waals surface area contributed by atoms with E-state index in [2.05, 4.69) is 22.2 Å². The fraction of sp³-hybridized carbons (Fsp3) is 0.333. The lowest BCUT2D eigenvalue weighted by molar-refractivity contribution is 0.373. The van der Waals surface area contributed by atoms with Gasteiger partial charge in [-0.05, 0) is 31.0 Å². The minimum atomic E-state index is 0.438. The van der Waals surface area contributed by atoms with E-state index in [1.165, 1.54) is 0 Å². The number of ether oxygens (including phenoxy) is 2. The van der Waals surface area contributed by atoms with E-state index in [4.69, 9.17) is 9.47 Å². The lowest BCUT2D eigenvalue weighted by Crippen LogP contribution is -2.03. The lowest BCUT2D eigenvalue weighted by Gasteiger charge is -2.11. The van der Waals surface area contributed by atoms with Crippen LogP contribution in [0, 0.1) is 6.92 Å². The molecule has 2 aromatic rings. The maximum absolute atomic E-state index is 5.74. The summed E-state index contributed by atoms with van der Waals surface area (Å²) < 4.78 is 11.0. The van der Waals surface area contributed by atoms with Crippen LogP contribution in [0.2, 0.25) is 0 Å². The summed E-state index contributed by atoms with van der Waals surface area (Å²) in [5.74, 6) is 2.45. The van der Waals surface area contributed by atoms with Gasteiger partial charge in [-0.25, -0.2) is 0 Å². The van der Waals surface area contributed by atoms with E-state index in [1.807, 2.05) is 25.1 Å². The van der Waals surface area contributed by atoms with Gasteiger partial charge in [-0.3, -0.25) is 4.98 Å². The summed E-state index contributed by atoms with van der Waals surface area (Å²) in [6, 6.07) is 5.74. The normalized spacial score (nSPS) is 10.2. The van der Waals surface area contributed by atoms with Crippen molar-refractivity contribution in [1.82, 2.24) is 9.97 Å². The molecule has 0 saturated heterocycles. The van der Waals surface area contributed by atoms with Crippen LogP contribution in [0.25, 0.3) is 0 Å². The van der Waals surface area contributed by atoms with Gasteiger partial charge in [-0.15, -0.1) is 0 Å². The highest BCUT2D eigenvalue weighted by atomic mass is 16.5. The molecule has 5 nitrogen and oxygen atoms in total. The maximum Gasteiger partial charge on any atom is 0.240 e. The number of methoxy groups -OCH3 is 1. The second kappa shape index (κ2) is 6.75. The summed E-state index contributed by atoms with van der Waals surface area (Å²) in [5.41, 5.74) is 1.11. The second-order valence-electron chi connectivity index (χ2n) is 4.43. The van der Waals surface area contributed by atoms with Gasteiger partial charge in [0.05, 0.1) is 19.5 Å². The molecule has 1 aromatic heterocycles. The van der Waals surface area contributed by atoms with E-state index in [0.717, 1.165) is 18.5 Å². The summed E-state index contributed by atoms with van der Waals surface area (Å²) in [5, 5.41) is 3.17. The maximum atomic E-state index is 5.74. The van der Waals surface area contributed by atoms with Crippen molar-refractivity contribution in [3.8, 4) is 17.4 Å². The monoisotopic (exact) mass is 273 g/mol. The fourth-order valence-corrected chi connectivity index (χ4v) is 1.71. The van der Waals surface area contributed by atoms with E-state index in [1.54, 1.807) is 19.5 Å². The first-order chi connectivity index (χ1) is 9.72. The summed E-state index contributed by atoms with van der Waals surface area (Å²) in [6.07, 6.45) is 4.28. The van der Waals surface area contributed by atoms with Gasteiger partial charge in [-0.1, -0.05) is 13.0 Å². The first-order valence-corrected chi connectivity index (χ1v) is 6.61. The molecule has 0 radical (unpaired) electrons. The van der Waals surface area contributed by atoms with Gasteiger partial charge in [0.1, 0.15) is 5.82 Å². The third-order valence-electron chi connectivity index (χ3n) is 2.70. The van der Waals surface area contributed by atoms with Crippen LogP contribution in [0.5, 0.6) is 17.4 Å². The molecule has 20 heavy (non-hydrogen) atoms. The second-order valence-corrected chi connectivity index (χ2v) is 4.43. The number of aromatic nitrogens is 2. The van der Waals surface area contributed by atoms with E-state index in [0.29, 0.717) is 23.2 Å². The van der Waals surface area contributed by atoms with Gasteiger partial charge in [-0.2, -0.15) is 4.98 Å². The Hall–Kier alpha value is -2.30. The standard InChI is InChI=1S/C15H19N3O2/c1-4-7-17-14-9-16-10-15(18-14)20-12-6-5-11(2)8-13(12)19-3/h5-6,8-10H,4,7H2,1-3H3,(H,17,18). The molecule has 0 amide bonds. The Labute approximate surface area is 119 Å². The zero-order chi connectivity index (χ0) is 14.4. The van der Waals surface area contributed by atoms with E-state index < -0.39 is 0 Å². The molecule has 0 aliphatic carbocycles. The van der Waals surface area contributed by atoms with Gasteiger partial charge in [0.25, 0.3) is 0 Å². The number of nitrogens with one attached hydrogen (secondary N) is 1. The summed E-state index contributed by atoms with van der Waals surface area (Å²) in [4.78, 5) is 8.47. The molecule has 0 aliphatic heterocycles. The average molecular weight is 273 g/mol. The number of benzene rings is 1. The van der Waals surface area contributed by atoms with Crippen LogP contribution in [0.3, 0.4) is 0 Å². The van der Waals surface area contributed by atoms with E-state index in [-0.39, 0.29) is 0 Å². The van der Waals surface area contributed by atoms with Crippen molar-refractivity contribution in [2.45, 2.75) is 20.3 Å². The highest BCUT2D eigenvalue weighted by Crippen LogP contribution is 2.31. The van der Waals surface area contributed by atoms with Gasteiger partial charge in [0.15, 0.2) is 11.5 Å². The molecular weight excluding hydrogens is 254 g/mol. The van der Waals surface area contributed by atoms with Gasteiger partial charge in [0.2, 0.25) is 5.88 Å². The molecule has 5 heteroatoms. The molecule has 1 aromatic carbocycles. The van der Waals surface area contributed by atoms with Crippen LogP contribution in [0.4, 0.5) is 5.82 Å². The zero-order valence-corrected chi connectivity index (χ0v) is 12.0. The Morgan fingerprint density at radius 3 is 2.80 bits per heavy atom. The number of aryl methyl sites for hydroxylation is 1. The summed E-state index contributed by atoms with van der Waals surface area (Å²) in [6.45, 7) is 4.95. The Morgan fingerprint density at radius 2 is 2.05 bits per heavy atom. The average Bonchev–Trinajstić information content (AvgIpc) is 2.47. The predicted octanol–water partition coefficient (Wildman–Crippen LogP) is 3.41. The van der Waals surface area contributed by atoms with Crippen molar-refractivity contribution in [2.75, 3.05) is 19.0 Å². The van der Waals surface area contributed by atoms with Crippen molar-refractivity contribution < 1.29 is 9.47 Å². The third kappa shape index (κ3) is 3.60. The Kier molecular flexibility index (Phi) is 4.76. The van der Waals surface area contributed by atoms with Gasteiger partial charge < -0.3 is 14.8 Å². The molecule has 106 valence electrons. The number of anilines is 1.